The van der Waals surface area contributed by atoms with Crippen molar-refractivity contribution >= 4 is 24.1 Å². The molecule has 0 unspecified atom stereocenters. The summed E-state index contributed by atoms with van der Waals surface area (Å²) < 4.78 is 42.8. The van der Waals surface area contributed by atoms with E-state index in [4.69, 9.17) is 37.9 Å². The third-order valence-corrected chi connectivity index (χ3v) is 8.52. The van der Waals surface area contributed by atoms with Crippen LogP contribution in [0.4, 0.5) is 9.59 Å². The number of alkyl carbamates (subject to hydrolysis) is 2. The number of fused-ring (bicyclic) bond motifs is 1. The number of ether oxygens (including phenoxy) is 8. The Labute approximate surface area is 308 Å². The summed E-state index contributed by atoms with van der Waals surface area (Å²) in [5.41, 5.74) is 1.74. The second-order valence-corrected chi connectivity index (χ2v) is 13.0. The Kier molecular flexibility index (Phi) is 15.8. The van der Waals surface area contributed by atoms with Gasteiger partial charge in [-0.15, -0.1) is 0 Å². The van der Waals surface area contributed by atoms with Gasteiger partial charge in [-0.2, -0.15) is 0 Å². The first-order chi connectivity index (χ1) is 25.4. The SMILES string of the molecule is CCOC(=O)CO[C@H]1C[C@@H](NC(=O)OCc2ccccc2)[C@@H]2OC(C)(C)O[C@@H]21.CCOC(=O)CO[C@H]1C[C@@H](NC(=O)OCc2ccccc2)[C@H](O)[C@@H]1O. The van der Waals surface area contributed by atoms with Crippen LogP contribution in [0.2, 0.25) is 0 Å². The summed E-state index contributed by atoms with van der Waals surface area (Å²) in [5, 5.41) is 25.3. The van der Waals surface area contributed by atoms with Crippen molar-refractivity contribution in [2.45, 2.75) is 108 Å². The van der Waals surface area contributed by atoms with Crippen LogP contribution in [0.5, 0.6) is 0 Å². The Balaban J connectivity index is 0.000000238. The summed E-state index contributed by atoms with van der Waals surface area (Å²) >= 11 is 0. The molecule has 1 aliphatic heterocycles. The zero-order valence-corrected chi connectivity index (χ0v) is 30.3. The van der Waals surface area contributed by atoms with Crippen LogP contribution in [0.3, 0.4) is 0 Å². The van der Waals surface area contributed by atoms with Gasteiger partial charge in [0.2, 0.25) is 0 Å². The molecule has 0 aromatic heterocycles. The van der Waals surface area contributed by atoms with E-state index in [1.165, 1.54) is 0 Å². The summed E-state index contributed by atoms with van der Waals surface area (Å²) in [5.74, 6) is -1.78. The summed E-state index contributed by atoms with van der Waals surface area (Å²) in [4.78, 5) is 47.0. The highest BCUT2D eigenvalue weighted by molar-refractivity contribution is 5.71. The molecule has 1 saturated heterocycles. The van der Waals surface area contributed by atoms with E-state index in [0.717, 1.165) is 11.1 Å². The van der Waals surface area contributed by atoms with Crippen LogP contribution in [-0.2, 0) is 60.7 Å². The van der Waals surface area contributed by atoms with Crippen LogP contribution in [0, 0.1) is 0 Å². The molecule has 8 atom stereocenters. The highest BCUT2D eigenvalue weighted by Gasteiger charge is 2.55. The predicted molar refractivity (Wildman–Crippen MR) is 185 cm³/mol. The number of esters is 2. The van der Waals surface area contributed by atoms with Gasteiger partial charge in [-0.3, -0.25) is 0 Å². The van der Waals surface area contributed by atoms with Gasteiger partial charge in [-0.05, 0) is 51.7 Å². The maximum Gasteiger partial charge on any atom is 0.407 e. The molecule has 4 N–H and O–H groups in total. The highest BCUT2D eigenvalue weighted by atomic mass is 16.8. The zero-order valence-electron chi connectivity index (χ0n) is 30.3. The molecule has 2 aromatic carbocycles. The molecule has 2 aliphatic carbocycles. The number of aliphatic hydroxyl groups is 2. The van der Waals surface area contributed by atoms with Gasteiger partial charge in [0.05, 0.1) is 37.5 Å². The summed E-state index contributed by atoms with van der Waals surface area (Å²) in [7, 11) is 0. The van der Waals surface area contributed by atoms with Gasteiger partial charge >= 0.3 is 24.1 Å². The molecule has 0 bridgehead atoms. The fourth-order valence-electron chi connectivity index (χ4n) is 6.12. The van der Waals surface area contributed by atoms with Crippen molar-refractivity contribution in [3.05, 3.63) is 71.8 Å². The highest BCUT2D eigenvalue weighted by Crippen LogP contribution is 2.39. The van der Waals surface area contributed by atoms with Crippen LogP contribution in [-0.4, -0.2) is 115 Å². The van der Waals surface area contributed by atoms with Gasteiger partial charge in [0.25, 0.3) is 0 Å². The molecular formula is C37H50N2O14. The third kappa shape index (κ3) is 12.9. The normalized spacial score (nSPS) is 26.7. The number of carbonyl (C=O) groups is 4. The topological polar surface area (TPSA) is 207 Å². The lowest BCUT2D eigenvalue weighted by atomic mass is 10.2. The lowest BCUT2D eigenvalue weighted by Gasteiger charge is -2.23. The lowest BCUT2D eigenvalue weighted by molar-refractivity contribution is -0.172. The lowest BCUT2D eigenvalue weighted by Crippen LogP contribution is -2.43. The minimum atomic E-state index is -1.21. The average Bonchev–Trinajstić information content (AvgIpc) is 3.72. The summed E-state index contributed by atoms with van der Waals surface area (Å²) in [6.45, 7) is 7.33. The van der Waals surface area contributed by atoms with Crippen LogP contribution in [0.1, 0.15) is 51.7 Å². The Bertz CT molecular complexity index is 1460. The molecule has 292 valence electrons. The third-order valence-electron chi connectivity index (χ3n) is 8.52. The van der Waals surface area contributed by atoms with Crippen molar-refractivity contribution in [3.63, 3.8) is 0 Å². The van der Waals surface area contributed by atoms with Crippen molar-refractivity contribution in [3.8, 4) is 0 Å². The molecule has 2 amide bonds. The van der Waals surface area contributed by atoms with Crippen LogP contribution in [0.25, 0.3) is 0 Å². The largest absolute Gasteiger partial charge is 0.464 e. The minimum Gasteiger partial charge on any atom is -0.464 e. The summed E-state index contributed by atoms with van der Waals surface area (Å²) in [6, 6.07) is 17.5. The minimum absolute atomic E-state index is 0.0980. The van der Waals surface area contributed by atoms with Gasteiger partial charge in [-0.1, -0.05) is 60.7 Å². The van der Waals surface area contributed by atoms with E-state index in [1.54, 1.807) is 27.7 Å². The monoisotopic (exact) mass is 746 g/mol. The number of hydrogen-bond acceptors (Lipinski definition) is 14. The maximum absolute atomic E-state index is 12.2. The molecule has 53 heavy (non-hydrogen) atoms. The van der Waals surface area contributed by atoms with E-state index in [2.05, 4.69) is 10.6 Å². The quantitative estimate of drug-likeness (QED) is 0.162. The molecule has 16 heteroatoms. The van der Waals surface area contributed by atoms with E-state index in [-0.39, 0.29) is 57.7 Å². The van der Waals surface area contributed by atoms with Gasteiger partial charge in [-0.25, -0.2) is 19.2 Å². The van der Waals surface area contributed by atoms with Crippen molar-refractivity contribution in [1.29, 1.82) is 0 Å². The molecule has 2 saturated carbocycles. The first-order valence-corrected chi connectivity index (χ1v) is 17.6. The fourth-order valence-corrected chi connectivity index (χ4v) is 6.12. The Morgan fingerprint density at radius 2 is 1.11 bits per heavy atom. The molecule has 2 aromatic rings. The van der Waals surface area contributed by atoms with Crippen molar-refractivity contribution in [1.82, 2.24) is 10.6 Å². The second-order valence-electron chi connectivity index (χ2n) is 13.0. The van der Waals surface area contributed by atoms with Gasteiger partial charge in [0, 0.05) is 0 Å². The molecule has 0 radical (unpaired) electrons. The molecule has 16 nitrogen and oxygen atoms in total. The number of nitrogens with one attached hydrogen (secondary N) is 2. The summed E-state index contributed by atoms with van der Waals surface area (Å²) in [6.07, 6.45) is -5.00. The number of amides is 2. The molecular weight excluding hydrogens is 696 g/mol. The first-order valence-electron chi connectivity index (χ1n) is 17.6. The standard InChI is InChI=1S/C20H27NO7.C17H23NO7/c1-4-24-16(22)12-25-15-10-14(17-18(15)28-20(2,3)27-17)21-19(23)26-11-13-8-6-5-7-9-13;1-2-23-14(19)10-24-13-8-12(15(20)16(13)21)18-17(22)25-9-11-6-4-3-5-7-11/h5-9,14-15,17-18H,4,10-12H2,1-3H3,(H,21,23);3-7,12-13,15-16,20-21H,2,8-10H2,1H3,(H,18,22)/t14-,15+,17+,18-;12-,13+,15+,16-/m11/s1. The van der Waals surface area contributed by atoms with E-state index in [1.807, 2.05) is 60.7 Å². The maximum atomic E-state index is 12.2. The Hall–Kier alpha value is -4.32. The number of hydrogen-bond donors (Lipinski definition) is 4. The van der Waals surface area contributed by atoms with E-state index in [9.17, 15) is 29.4 Å². The van der Waals surface area contributed by atoms with Gasteiger partial charge in [0.15, 0.2) is 5.79 Å². The predicted octanol–water partition coefficient (Wildman–Crippen LogP) is 2.51. The smallest absolute Gasteiger partial charge is 0.407 e. The van der Waals surface area contributed by atoms with E-state index < -0.39 is 60.4 Å². The average molecular weight is 747 g/mol. The Morgan fingerprint density at radius 1 is 0.660 bits per heavy atom. The van der Waals surface area contributed by atoms with E-state index in [0.29, 0.717) is 13.0 Å². The molecule has 3 aliphatic rings. The van der Waals surface area contributed by atoms with Gasteiger partial charge in [0.1, 0.15) is 50.8 Å². The molecule has 5 rings (SSSR count). The van der Waals surface area contributed by atoms with Crippen LogP contribution in [0.15, 0.2) is 60.7 Å². The van der Waals surface area contributed by atoms with Crippen molar-refractivity contribution in [2.24, 2.45) is 0 Å². The fraction of sp³-hybridized carbons (Fsp3) is 0.568. The number of rotatable bonds is 14. The molecule has 0 spiro atoms. The van der Waals surface area contributed by atoms with Crippen LogP contribution < -0.4 is 10.6 Å². The van der Waals surface area contributed by atoms with Crippen LogP contribution >= 0.6 is 0 Å². The second kappa shape index (κ2) is 20.2. The first kappa shape index (κ1) is 41.4. The number of benzene rings is 2. The number of carbonyl (C=O) groups excluding carboxylic acids is 4. The van der Waals surface area contributed by atoms with E-state index >= 15 is 0 Å². The zero-order chi connectivity index (χ0) is 38.4. The Morgan fingerprint density at radius 3 is 1.62 bits per heavy atom. The molecule has 3 fully saturated rings. The number of aliphatic hydroxyl groups excluding tert-OH is 2. The van der Waals surface area contributed by atoms with Crippen molar-refractivity contribution in [2.75, 3.05) is 26.4 Å². The van der Waals surface area contributed by atoms with Gasteiger partial charge < -0.3 is 58.7 Å². The molecule has 1 heterocycles. The van der Waals surface area contributed by atoms with Crippen molar-refractivity contribution < 1.29 is 67.3 Å².